The fourth-order valence-electron chi connectivity index (χ4n) is 1.79. The molecule has 1 aromatic carbocycles. The molecular formula is C16H24N2O4. The second kappa shape index (κ2) is 7.17. The van der Waals surface area contributed by atoms with Crippen molar-refractivity contribution in [2.75, 3.05) is 26.1 Å². The Morgan fingerprint density at radius 3 is 2.36 bits per heavy atom. The molecule has 6 nitrogen and oxygen atoms in total. The largest absolute Gasteiger partial charge is 0.493 e. The van der Waals surface area contributed by atoms with Crippen LogP contribution in [0.5, 0.6) is 11.5 Å². The standard InChI is InChI=1S/C16H24N2O4/c1-10(9-17)11-7-12(14(21-6)13(8-11)20-5)18-15(19)22-16(2,3)4/h7-8H,1,9,17H2,2-6H3,(H,18,19). The lowest BCUT2D eigenvalue weighted by Gasteiger charge is -2.21. The van der Waals surface area contributed by atoms with Crippen LogP contribution in [0, 0.1) is 0 Å². The van der Waals surface area contributed by atoms with Crippen LogP contribution in [-0.4, -0.2) is 32.5 Å². The highest BCUT2D eigenvalue weighted by Crippen LogP contribution is 2.38. The predicted molar refractivity (Wildman–Crippen MR) is 87.5 cm³/mol. The number of carbonyl (C=O) groups is 1. The first-order valence-electron chi connectivity index (χ1n) is 6.86. The molecule has 6 heteroatoms. The Morgan fingerprint density at radius 1 is 1.27 bits per heavy atom. The topological polar surface area (TPSA) is 82.8 Å². The van der Waals surface area contributed by atoms with Gasteiger partial charge in [0, 0.05) is 6.54 Å². The van der Waals surface area contributed by atoms with Crippen molar-refractivity contribution in [1.29, 1.82) is 0 Å². The van der Waals surface area contributed by atoms with Crippen LogP contribution < -0.4 is 20.5 Å². The summed E-state index contributed by atoms with van der Waals surface area (Å²) in [5.41, 5.74) is 6.92. The maximum atomic E-state index is 12.0. The summed E-state index contributed by atoms with van der Waals surface area (Å²) in [4.78, 5) is 12.0. The number of carbonyl (C=O) groups excluding carboxylic acids is 1. The van der Waals surface area contributed by atoms with Gasteiger partial charge in [-0.15, -0.1) is 0 Å². The fraction of sp³-hybridized carbons (Fsp3) is 0.438. The quantitative estimate of drug-likeness (QED) is 0.873. The smallest absolute Gasteiger partial charge is 0.412 e. The number of methoxy groups -OCH3 is 2. The number of hydrogen-bond donors (Lipinski definition) is 2. The van der Waals surface area contributed by atoms with Crippen LogP contribution in [0.2, 0.25) is 0 Å². The van der Waals surface area contributed by atoms with Crippen molar-refractivity contribution in [1.82, 2.24) is 0 Å². The van der Waals surface area contributed by atoms with E-state index in [0.29, 0.717) is 29.3 Å². The van der Waals surface area contributed by atoms with Gasteiger partial charge in [0.2, 0.25) is 0 Å². The van der Waals surface area contributed by atoms with Crippen LogP contribution in [0.25, 0.3) is 5.57 Å². The molecule has 0 aliphatic heterocycles. The summed E-state index contributed by atoms with van der Waals surface area (Å²) >= 11 is 0. The summed E-state index contributed by atoms with van der Waals surface area (Å²) in [5.74, 6) is 0.877. The van der Waals surface area contributed by atoms with Gasteiger partial charge in [0.05, 0.1) is 19.9 Å². The second-order valence-electron chi connectivity index (χ2n) is 5.69. The molecule has 0 unspecified atom stereocenters. The van der Waals surface area contributed by atoms with Gasteiger partial charge in [-0.3, -0.25) is 5.32 Å². The minimum atomic E-state index is -0.597. The molecule has 0 bridgehead atoms. The first-order chi connectivity index (χ1) is 10.2. The van der Waals surface area contributed by atoms with E-state index in [1.807, 2.05) is 0 Å². The van der Waals surface area contributed by atoms with Crippen LogP contribution in [-0.2, 0) is 4.74 Å². The van der Waals surface area contributed by atoms with Gasteiger partial charge in [0.1, 0.15) is 5.60 Å². The minimum Gasteiger partial charge on any atom is -0.493 e. The molecule has 1 rings (SSSR count). The Morgan fingerprint density at radius 2 is 1.91 bits per heavy atom. The molecule has 0 saturated heterocycles. The van der Waals surface area contributed by atoms with Gasteiger partial charge < -0.3 is 19.9 Å². The van der Waals surface area contributed by atoms with Crippen LogP contribution in [0.15, 0.2) is 18.7 Å². The van der Waals surface area contributed by atoms with E-state index in [0.717, 1.165) is 5.56 Å². The number of amides is 1. The van der Waals surface area contributed by atoms with E-state index in [4.69, 9.17) is 19.9 Å². The van der Waals surface area contributed by atoms with Gasteiger partial charge in [-0.05, 0) is 44.0 Å². The van der Waals surface area contributed by atoms with Crippen molar-refractivity contribution in [3.63, 3.8) is 0 Å². The highest BCUT2D eigenvalue weighted by atomic mass is 16.6. The van der Waals surface area contributed by atoms with Gasteiger partial charge in [-0.25, -0.2) is 4.79 Å². The predicted octanol–water partition coefficient (Wildman–Crippen LogP) is 3.02. The molecule has 0 heterocycles. The number of hydrogen-bond acceptors (Lipinski definition) is 5. The molecule has 0 spiro atoms. The summed E-state index contributed by atoms with van der Waals surface area (Å²) in [6.45, 7) is 9.55. The molecule has 22 heavy (non-hydrogen) atoms. The zero-order chi connectivity index (χ0) is 16.9. The molecule has 0 aliphatic rings. The SMILES string of the molecule is C=C(CN)c1cc(NC(=O)OC(C)(C)C)c(OC)c(OC)c1. The summed E-state index contributed by atoms with van der Waals surface area (Å²) in [7, 11) is 3.01. The Kier molecular flexibility index (Phi) is 5.82. The normalized spacial score (nSPS) is 10.8. The van der Waals surface area contributed by atoms with E-state index in [1.54, 1.807) is 32.9 Å². The van der Waals surface area contributed by atoms with E-state index in [1.165, 1.54) is 14.2 Å². The average Bonchev–Trinajstić information content (AvgIpc) is 2.43. The number of nitrogens with two attached hydrogens (primary N) is 1. The van der Waals surface area contributed by atoms with Crippen molar-refractivity contribution >= 4 is 17.4 Å². The maximum Gasteiger partial charge on any atom is 0.412 e. The van der Waals surface area contributed by atoms with E-state index in [-0.39, 0.29) is 0 Å². The number of ether oxygens (including phenoxy) is 3. The monoisotopic (exact) mass is 308 g/mol. The Balaban J connectivity index is 3.20. The molecule has 0 saturated carbocycles. The number of benzene rings is 1. The summed E-state index contributed by atoms with van der Waals surface area (Å²) in [6, 6.07) is 3.48. The third kappa shape index (κ3) is 4.66. The van der Waals surface area contributed by atoms with Gasteiger partial charge >= 0.3 is 6.09 Å². The highest BCUT2D eigenvalue weighted by molar-refractivity contribution is 5.89. The lowest BCUT2D eigenvalue weighted by molar-refractivity contribution is 0.0635. The third-order valence-electron chi connectivity index (χ3n) is 2.77. The van der Waals surface area contributed by atoms with Crippen molar-refractivity contribution < 1.29 is 19.0 Å². The van der Waals surface area contributed by atoms with Crippen LogP contribution in [0.3, 0.4) is 0 Å². The molecule has 0 radical (unpaired) electrons. The summed E-state index contributed by atoms with van der Waals surface area (Å²) < 4.78 is 15.9. The molecule has 1 aromatic rings. The van der Waals surface area contributed by atoms with Crippen molar-refractivity contribution in [3.8, 4) is 11.5 Å². The van der Waals surface area contributed by atoms with Crippen LogP contribution in [0.4, 0.5) is 10.5 Å². The van der Waals surface area contributed by atoms with Gasteiger partial charge in [-0.2, -0.15) is 0 Å². The maximum absolute atomic E-state index is 12.0. The van der Waals surface area contributed by atoms with E-state index < -0.39 is 11.7 Å². The van der Waals surface area contributed by atoms with Gasteiger partial charge in [-0.1, -0.05) is 6.58 Å². The lowest BCUT2D eigenvalue weighted by atomic mass is 10.1. The first kappa shape index (κ1) is 17.8. The second-order valence-corrected chi connectivity index (χ2v) is 5.69. The first-order valence-corrected chi connectivity index (χ1v) is 6.86. The molecule has 0 atom stereocenters. The zero-order valence-corrected chi connectivity index (χ0v) is 13.8. The highest BCUT2D eigenvalue weighted by Gasteiger charge is 2.20. The van der Waals surface area contributed by atoms with Crippen LogP contribution >= 0.6 is 0 Å². The molecule has 3 N–H and O–H groups in total. The Labute approximate surface area is 131 Å². The molecule has 1 amide bonds. The number of anilines is 1. The van der Waals surface area contributed by atoms with Crippen molar-refractivity contribution in [2.24, 2.45) is 5.73 Å². The van der Waals surface area contributed by atoms with Gasteiger partial charge in [0.25, 0.3) is 0 Å². The molecule has 0 fully saturated rings. The number of nitrogens with one attached hydrogen (secondary N) is 1. The van der Waals surface area contributed by atoms with E-state index in [2.05, 4.69) is 11.9 Å². The molecule has 122 valence electrons. The van der Waals surface area contributed by atoms with Crippen molar-refractivity contribution in [3.05, 3.63) is 24.3 Å². The lowest BCUT2D eigenvalue weighted by Crippen LogP contribution is -2.27. The Hall–Kier alpha value is -2.21. The van der Waals surface area contributed by atoms with E-state index >= 15 is 0 Å². The third-order valence-corrected chi connectivity index (χ3v) is 2.77. The molecule has 0 aliphatic carbocycles. The van der Waals surface area contributed by atoms with E-state index in [9.17, 15) is 4.79 Å². The molecular weight excluding hydrogens is 284 g/mol. The van der Waals surface area contributed by atoms with Gasteiger partial charge in [0.15, 0.2) is 11.5 Å². The Bertz CT molecular complexity index is 562. The minimum absolute atomic E-state index is 0.293. The van der Waals surface area contributed by atoms with Crippen molar-refractivity contribution in [2.45, 2.75) is 26.4 Å². The average molecular weight is 308 g/mol. The molecule has 0 aromatic heterocycles. The fourth-order valence-corrected chi connectivity index (χ4v) is 1.79. The summed E-state index contributed by atoms with van der Waals surface area (Å²) in [6.07, 6.45) is -0.580. The van der Waals surface area contributed by atoms with Crippen LogP contribution in [0.1, 0.15) is 26.3 Å². The number of rotatable bonds is 5. The zero-order valence-electron chi connectivity index (χ0n) is 13.8. The summed E-state index contributed by atoms with van der Waals surface area (Å²) in [5, 5.41) is 2.66.